The SMILES string of the molecule is Nc1cc(Br)c(F)c(S(=O)(=O)NN2CCCCC2)c1. The third-order valence-corrected chi connectivity index (χ3v) is 4.86. The fraction of sp³-hybridized carbons (Fsp3) is 0.455. The topological polar surface area (TPSA) is 75.4 Å². The van der Waals surface area contributed by atoms with Gasteiger partial charge in [0.25, 0.3) is 10.0 Å². The minimum atomic E-state index is -3.94. The lowest BCUT2D eigenvalue weighted by molar-refractivity contribution is 0.199. The van der Waals surface area contributed by atoms with Gasteiger partial charge in [-0.1, -0.05) is 6.42 Å². The van der Waals surface area contributed by atoms with Gasteiger partial charge in [-0.15, -0.1) is 4.83 Å². The number of benzene rings is 1. The van der Waals surface area contributed by atoms with Gasteiger partial charge in [0.2, 0.25) is 0 Å². The normalized spacial score (nSPS) is 17.6. The van der Waals surface area contributed by atoms with E-state index in [4.69, 9.17) is 5.73 Å². The van der Waals surface area contributed by atoms with Gasteiger partial charge in [0.1, 0.15) is 4.90 Å². The molecule has 106 valence electrons. The highest BCUT2D eigenvalue weighted by molar-refractivity contribution is 9.10. The van der Waals surface area contributed by atoms with Gasteiger partial charge in [-0.25, -0.2) is 17.8 Å². The van der Waals surface area contributed by atoms with E-state index >= 15 is 0 Å². The van der Waals surface area contributed by atoms with Crippen LogP contribution in [0.5, 0.6) is 0 Å². The minimum absolute atomic E-state index is 0.0338. The summed E-state index contributed by atoms with van der Waals surface area (Å²) in [6.45, 7) is 1.26. The number of piperidine rings is 1. The molecule has 19 heavy (non-hydrogen) atoms. The molecular weight excluding hydrogens is 337 g/mol. The molecule has 1 aliphatic rings. The number of sulfonamides is 1. The zero-order chi connectivity index (χ0) is 14.0. The van der Waals surface area contributed by atoms with E-state index in [1.54, 1.807) is 5.01 Å². The van der Waals surface area contributed by atoms with E-state index in [1.165, 1.54) is 6.07 Å². The second-order valence-electron chi connectivity index (χ2n) is 4.46. The molecule has 0 unspecified atom stereocenters. The highest BCUT2D eigenvalue weighted by atomic mass is 79.9. The van der Waals surface area contributed by atoms with Crippen molar-refractivity contribution in [1.29, 1.82) is 0 Å². The summed E-state index contributed by atoms with van der Waals surface area (Å²) in [6.07, 6.45) is 2.92. The van der Waals surface area contributed by atoms with Crippen molar-refractivity contribution < 1.29 is 12.8 Å². The Morgan fingerprint density at radius 3 is 2.53 bits per heavy atom. The maximum atomic E-state index is 13.9. The molecule has 0 radical (unpaired) electrons. The monoisotopic (exact) mass is 351 g/mol. The van der Waals surface area contributed by atoms with Gasteiger partial charge < -0.3 is 5.73 Å². The zero-order valence-electron chi connectivity index (χ0n) is 10.2. The van der Waals surface area contributed by atoms with Gasteiger partial charge in [0.15, 0.2) is 5.82 Å². The van der Waals surface area contributed by atoms with Crippen molar-refractivity contribution in [2.24, 2.45) is 0 Å². The van der Waals surface area contributed by atoms with E-state index in [2.05, 4.69) is 20.8 Å². The van der Waals surface area contributed by atoms with Crippen LogP contribution in [0.15, 0.2) is 21.5 Å². The molecule has 8 heteroatoms. The number of nitrogen functional groups attached to an aromatic ring is 1. The molecule has 1 aromatic rings. The third kappa shape index (κ3) is 3.44. The Hall–Kier alpha value is -0.700. The first kappa shape index (κ1) is 14.7. The average Bonchev–Trinajstić information content (AvgIpc) is 2.34. The molecule has 0 saturated carbocycles. The Labute approximate surface area is 120 Å². The van der Waals surface area contributed by atoms with Gasteiger partial charge in [-0.3, -0.25) is 0 Å². The highest BCUT2D eigenvalue weighted by Crippen LogP contribution is 2.26. The van der Waals surface area contributed by atoms with Crippen LogP contribution in [0.25, 0.3) is 0 Å². The number of anilines is 1. The van der Waals surface area contributed by atoms with Crippen molar-refractivity contribution in [3.63, 3.8) is 0 Å². The molecule has 0 bridgehead atoms. The number of rotatable bonds is 3. The van der Waals surface area contributed by atoms with Gasteiger partial charge in [0, 0.05) is 18.8 Å². The van der Waals surface area contributed by atoms with E-state index < -0.39 is 20.7 Å². The summed E-state index contributed by atoms with van der Waals surface area (Å²) >= 11 is 2.95. The summed E-state index contributed by atoms with van der Waals surface area (Å²) in [7, 11) is -3.94. The lowest BCUT2D eigenvalue weighted by Gasteiger charge is -2.26. The second-order valence-corrected chi connectivity index (χ2v) is 6.94. The number of halogens is 2. The second kappa shape index (κ2) is 5.74. The van der Waals surface area contributed by atoms with Crippen molar-refractivity contribution in [3.05, 3.63) is 22.4 Å². The molecule has 0 atom stereocenters. The lowest BCUT2D eigenvalue weighted by atomic mass is 10.2. The van der Waals surface area contributed by atoms with E-state index in [0.717, 1.165) is 25.3 Å². The predicted molar refractivity (Wildman–Crippen MR) is 74.3 cm³/mol. The van der Waals surface area contributed by atoms with Crippen LogP contribution in [0, 0.1) is 5.82 Å². The minimum Gasteiger partial charge on any atom is -0.399 e. The number of nitrogens with one attached hydrogen (secondary N) is 1. The molecule has 0 aromatic heterocycles. The molecule has 1 heterocycles. The molecular formula is C11H15BrFN3O2S. The summed E-state index contributed by atoms with van der Waals surface area (Å²) in [5.41, 5.74) is 5.74. The van der Waals surface area contributed by atoms with Crippen LogP contribution in [-0.2, 0) is 10.0 Å². The zero-order valence-corrected chi connectivity index (χ0v) is 12.6. The first-order chi connectivity index (χ1) is 8.90. The average molecular weight is 352 g/mol. The lowest BCUT2D eigenvalue weighted by Crippen LogP contribution is -2.45. The first-order valence-electron chi connectivity index (χ1n) is 5.92. The van der Waals surface area contributed by atoms with E-state index in [0.29, 0.717) is 13.1 Å². The van der Waals surface area contributed by atoms with Crippen molar-refractivity contribution in [2.75, 3.05) is 18.8 Å². The Bertz CT molecular complexity index is 574. The number of hydrogen-bond acceptors (Lipinski definition) is 4. The van der Waals surface area contributed by atoms with Crippen LogP contribution in [0.4, 0.5) is 10.1 Å². The number of nitrogens with zero attached hydrogens (tertiary/aromatic N) is 1. The highest BCUT2D eigenvalue weighted by Gasteiger charge is 2.24. The molecule has 2 rings (SSSR count). The summed E-state index contributed by atoms with van der Waals surface area (Å²) in [5.74, 6) is -0.835. The quantitative estimate of drug-likeness (QED) is 0.815. The van der Waals surface area contributed by atoms with Crippen molar-refractivity contribution >= 4 is 31.6 Å². The van der Waals surface area contributed by atoms with Crippen LogP contribution in [0.2, 0.25) is 0 Å². The van der Waals surface area contributed by atoms with Crippen LogP contribution in [0.1, 0.15) is 19.3 Å². The molecule has 0 spiro atoms. The molecule has 0 aliphatic carbocycles. The van der Waals surface area contributed by atoms with Crippen LogP contribution >= 0.6 is 15.9 Å². The van der Waals surface area contributed by atoms with Crippen molar-refractivity contribution in [2.45, 2.75) is 24.2 Å². The summed E-state index contributed by atoms with van der Waals surface area (Å²) in [6, 6.07) is 2.45. The summed E-state index contributed by atoms with van der Waals surface area (Å²) in [4.78, 5) is 1.96. The van der Waals surface area contributed by atoms with Gasteiger partial charge >= 0.3 is 0 Å². The maximum absolute atomic E-state index is 13.9. The van der Waals surface area contributed by atoms with Crippen molar-refractivity contribution in [1.82, 2.24) is 9.84 Å². The Balaban J connectivity index is 2.28. The largest absolute Gasteiger partial charge is 0.399 e. The third-order valence-electron chi connectivity index (χ3n) is 2.91. The fourth-order valence-electron chi connectivity index (χ4n) is 1.98. The number of hydrazine groups is 1. The molecule has 1 saturated heterocycles. The smallest absolute Gasteiger partial charge is 0.256 e. The molecule has 1 aliphatic heterocycles. The van der Waals surface area contributed by atoms with E-state index in [9.17, 15) is 12.8 Å². The summed E-state index contributed by atoms with van der Waals surface area (Å²) < 4.78 is 38.2. The molecule has 5 nitrogen and oxygen atoms in total. The number of hydrogen-bond donors (Lipinski definition) is 2. The Kier molecular flexibility index (Phi) is 4.44. The summed E-state index contributed by atoms with van der Waals surface area (Å²) in [5, 5.41) is 1.59. The standard InChI is InChI=1S/C11H15BrFN3O2S/c12-9-6-8(14)7-10(11(9)13)19(17,18)15-16-4-2-1-3-5-16/h6-7,15H,1-5,14H2. The van der Waals surface area contributed by atoms with Crippen LogP contribution < -0.4 is 10.6 Å². The molecule has 0 amide bonds. The molecule has 3 N–H and O–H groups in total. The Morgan fingerprint density at radius 1 is 1.26 bits per heavy atom. The van der Waals surface area contributed by atoms with E-state index in [-0.39, 0.29) is 10.2 Å². The van der Waals surface area contributed by atoms with Crippen molar-refractivity contribution in [3.8, 4) is 0 Å². The number of nitrogens with two attached hydrogens (primary N) is 1. The maximum Gasteiger partial charge on any atom is 0.256 e. The first-order valence-corrected chi connectivity index (χ1v) is 8.20. The van der Waals surface area contributed by atoms with Gasteiger partial charge in [-0.2, -0.15) is 0 Å². The van der Waals surface area contributed by atoms with Crippen LogP contribution in [0.3, 0.4) is 0 Å². The molecule has 1 aromatic carbocycles. The van der Waals surface area contributed by atoms with Gasteiger partial charge in [-0.05, 0) is 40.9 Å². The fourth-order valence-corrected chi connectivity index (χ4v) is 3.85. The van der Waals surface area contributed by atoms with Gasteiger partial charge in [0.05, 0.1) is 4.47 Å². The Morgan fingerprint density at radius 2 is 1.89 bits per heavy atom. The molecule has 1 fully saturated rings. The van der Waals surface area contributed by atoms with Crippen LogP contribution in [-0.4, -0.2) is 26.5 Å². The van der Waals surface area contributed by atoms with E-state index in [1.807, 2.05) is 0 Å². The predicted octanol–water partition coefficient (Wildman–Crippen LogP) is 1.85.